The Morgan fingerprint density at radius 1 is 1.35 bits per heavy atom. The molecule has 0 spiro atoms. The molecular formula is C18H17N3OS. The van der Waals surface area contributed by atoms with Gasteiger partial charge in [0.05, 0.1) is 23.6 Å². The van der Waals surface area contributed by atoms with Crippen LogP contribution in [0.4, 0.5) is 0 Å². The number of nitrogens with zero attached hydrogens (tertiary/aromatic N) is 3. The molecule has 0 bridgehead atoms. The maximum absolute atomic E-state index is 13.0. The predicted molar refractivity (Wildman–Crippen MR) is 93.0 cm³/mol. The number of fused-ring (bicyclic) bond motifs is 1. The van der Waals surface area contributed by atoms with E-state index in [2.05, 4.69) is 6.07 Å². The van der Waals surface area contributed by atoms with Gasteiger partial charge >= 0.3 is 0 Å². The molecule has 0 unspecified atom stereocenters. The monoisotopic (exact) mass is 323 g/mol. The Kier molecular flexibility index (Phi) is 4.01. The fourth-order valence-corrected chi connectivity index (χ4v) is 3.76. The zero-order valence-corrected chi connectivity index (χ0v) is 14.2. The van der Waals surface area contributed by atoms with Crippen LogP contribution in [0.25, 0.3) is 10.2 Å². The summed E-state index contributed by atoms with van der Waals surface area (Å²) >= 11 is 1.58. The van der Waals surface area contributed by atoms with Gasteiger partial charge < -0.3 is 0 Å². The molecule has 2 heterocycles. The van der Waals surface area contributed by atoms with Crippen molar-refractivity contribution in [3.63, 3.8) is 0 Å². The molecule has 0 fully saturated rings. The summed E-state index contributed by atoms with van der Waals surface area (Å²) in [6.45, 7) is 6.44. The van der Waals surface area contributed by atoms with E-state index in [1.165, 1.54) is 0 Å². The van der Waals surface area contributed by atoms with Crippen molar-refractivity contribution >= 4 is 21.6 Å². The summed E-state index contributed by atoms with van der Waals surface area (Å²) in [5.41, 5.74) is 2.57. The van der Waals surface area contributed by atoms with Crippen LogP contribution in [-0.4, -0.2) is 9.55 Å². The summed E-state index contributed by atoms with van der Waals surface area (Å²) in [6, 6.07) is 9.50. The van der Waals surface area contributed by atoms with Gasteiger partial charge in [-0.25, -0.2) is 4.98 Å². The quantitative estimate of drug-likeness (QED) is 0.740. The summed E-state index contributed by atoms with van der Waals surface area (Å²) < 4.78 is 1.73. The lowest BCUT2D eigenvalue weighted by molar-refractivity contribution is 0.687. The van der Waals surface area contributed by atoms with Gasteiger partial charge in [-0.2, -0.15) is 5.26 Å². The number of aryl methyl sites for hydroxylation is 3. The molecule has 5 heteroatoms. The number of benzene rings is 1. The van der Waals surface area contributed by atoms with E-state index in [4.69, 9.17) is 10.2 Å². The molecule has 0 aliphatic heterocycles. The van der Waals surface area contributed by atoms with Gasteiger partial charge in [-0.15, -0.1) is 11.3 Å². The second-order valence-corrected chi connectivity index (χ2v) is 6.75. The van der Waals surface area contributed by atoms with E-state index >= 15 is 0 Å². The SMILES string of the molecule is CCc1nc2sc(C)c(C)c2c(=O)n1Cc1cccc(C#N)c1. The van der Waals surface area contributed by atoms with Crippen molar-refractivity contribution in [2.45, 2.75) is 33.7 Å². The summed E-state index contributed by atoms with van der Waals surface area (Å²) in [6.07, 6.45) is 0.694. The third-order valence-electron chi connectivity index (χ3n) is 4.08. The van der Waals surface area contributed by atoms with E-state index in [9.17, 15) is 4.79 Å². The molecule has 2 aromatic heterocycles. The van der Waals surface area contributed by atoms with Crippen LogP contribution in [0.2, 0.25) is 0 Å². The van der Waals surface area contributed by atoms with Crippen molar-refractivity contribution in [3.8, 4) is 6.07 Å². The Labute approximate surface area is 138 Å². The van der Waals surface area contributed by atoms with Crippen LogP contribution < -0.4 is 5.56 Å². The van der Waals surface area contributed by atoms with Crippen molar-refractivity contribution in [2.24, 2.45) is 0 Å². The molecular weight excluding hydrogens is 306 g/mol. The molecule has 0 saturated carbocycles. The van der Waals surface area contributed by atoms with E-state index in [-0.39, 0.29) is 5.56 Å². The van der Waals surface area contributed by atoms with Crippen molar-refractivity contribution in [1.29, 1.82) is 5.26 Å². The lowest BCUT2D eigenvalue weighted by atomic mass is 10.1. The van der Waals surface area contributed by atoms with Crippen molar-refractivity contribution in [1.82, 2.24) is 9.55 Å². The lowest BCUT2D eigenvalue weighted by Gasteiger charge is -2.11. The topological polar surface area (TPSA) is 58.7 Å². The summed E-state index contributed by atoms with van der Waals surface area (Å²) in [4.78, 5) is 19.6. The van der Waals surface area contributed by atoms with Gasteiger partial charge in [-0.3, -0.25) is 9.36 Å². The molecule has 1 aromatic carbocycles. The van der Waals surface area contributed by atoms with Crippen molar-refractivity contribution in [3.05, 3.63) is 62.0 Å². The van der Waals surface area contributed by atoms with Gasteiger partial charge in [-0.1, -0.05) is 19.1 Å². The first kappa shape index (κ1) is 15.4. The Bertz CT molecular complexity index is 992. The number of rotatable bonds is 3. The maximum atomic E-state index is 13.0. The molecule has 0 N–H and O–H groups in total. The first-order chi connectivity index (χ1) is 11.0. The zero-order chi connectivity index (χ0) is 16.6. The summed E-state index contributed by atoms with van der Waals surface area (Å²) in [5, 5.41) is 9.76. The second kappa shape index (κ2) is 5.98. The number of aromatic nitrogens is 2. The van der Waals surface area contributed by atoms with Gasteiger partial charge in [0.25, 0.3) is 5.56 Å². The van der Waals surface area contributed by atoms with E-state index in [1.54, 1.807) is 22.0 Å². The first-order valence-electron chi connectivity index (χ1n) is 7.53. The van der Waals surface area contributed by atoms with E-state index in [1.807, 2.05) is 39.0 Å². The third kappa shape index (κ3) is 2.66. The number of thiophene rings is 1. The Hall–Kier alpha value is -2.45. The summed E-state index contributed by atoms with van der Waals surface area (Å²) in [7, 11) is 0. The number of hydrogen-bond acceptors (Lipinski definition) is 4. The molecule has 4 nitrogen and oxygen atoms in total. The Morgan fingerprint density at radius 2 is 2.13 bits per heavy atom. The molecule has 3 rings (SSSR count). The Balaban J connectivity index is 2.19. The third-order valence-corrected chi connectivity index (χ3v) is 5.18. The molecule has 0 aliphatic carbocycles. The van der Waals surface area contributed by atoms with E-state index < -0.39 is 0 Å². The van der Waals surface area contributed by atoms with Crippen LogP contribution in [0.1, 0.15) is 34.3 Å². The van der Waals surface area contributed by atoms with Crippen LogP contribution in [-0.2, 0) is 13.0 Å². The molecule has 0 atom stereocenters. The summed E-state index contributed by atoms with van der Waals surface area (Å²) in [5.74, 6) is 0.783. The van der Waals surface area contributed by atoms with Crippen LogP contribution in [0.15, 0.2) is 29.1 Å². The lowest BCUT2D eigenvalue weighted by Crippen LogP contribution is -2.25. The minimum atomic E-state index is 0.0102. The molecule has 23 heavy (non-hydrogen) atoms. The maximum Gasteiger partial charge on any atom is 0.262 e. The van der Waals surface area contributed by atoms with Gasteiger partial charge in [-0.05, 0) is 37.1 Å². The second-order valence-electron chi connectivity index (χ2n) is 5.55. The van der Waals surface area contributed by atoms with Crippen LogP contribution in [0.3, 0.4) is 0 Å². The first-order valence-corrected chi connectivity index (χ1v) is 8.35. The molecule has 0 radical (unpaired) electrons. The van der Waals surface area contributed by atoms with Gasteiger partial charge in [0, 0.05) is 11.3 Å². The standard InChI is InChI=1S/C18H17N3OS/c1-4-15-20-17-16(11(2)12(3)23-17)18(22)21(15)10-14-7-5-6-13(8-14)9-19/h5-8H,4,10H2,1-3H3. The van der Waals surface area contributed by atoms with Crippen LogP contribution in [0.5, 0.6) is 0 Å². The minimum Gasteiger partial charge on any atom is -0.292 e. The molecule has 0 aliphatic rings. The zero-order valence-electron chi connectivity index (χ0n) is 13.4. The van der Waals surface area contributed by atoms with E-state index in [0.717, 1.165) is 32.0 Å². The highest BCUT2D eigenvalue weighted by atomic mass is 32.1. The fourth-order valence-electron chi connectivity index (χ4n) is 2.72. The van der Waals surface area contributed by atoms with Gasteiger partial charge in [0.1, 0.15) is 10.7 Å². The molecule has 116 valence electrons. The average Bonchev–Trinajstić information content (AvgIpc) is 2.84. The highest BCUT2D eigenvalue weighted by Gasteiger charge is 2.15. The minimum absolute atomic E-state index is 0.0102. The normalized spacial score (nSPS) is 10.9. The van der Waals surface area contributed by atoms with Crippen LogP contribution >= 0.6 is 11.3 Å². The van der Waals surface area contributed by atoms with Gasteiger partial charge in [0.2, 0.25) is 0 Å². The Morgan fingerprint density at radius 3 is 2.83 bits per heavy atom. The highest BCUT2D eigenvalue weighted by Crippen LogP contribution is 2.26. The van der Waals surface area contributed by atoms with Crippen LogP contribution in [0, 0.1) is 25.2 Å². The highest BCUT2D eigenvalue weighted by molar-refractivity contribution is 7.18. The molecule has 3 aromatic rings. The predicted octanol–water partition coefficient (Wildman–Crippen LogP) is 3.56. The fraction of sp³-hybridized carbons (Fsp3) is 0.278. The van der Waals surface area contributed by atoms with E-state index in [0.29, 0.717) is 18.5 Å². The van der Waals surface area contributed by atoms with Crippen molar-refractivity contribution in [2.75, 3.05) is 0 Å². The number of nitriles is 1. The largest absolute Gasteiger partial charge is 0.292 e. The van der Waals surface area contributed by atoms with Crippen molar-refractivity contribution < 1.29 is 0 Å². The van der Waals surface area contributed by atoms with Gasteiger partial charge in [0.15, 0.2) is 0 Å². The molecule has 0 amide bonds. The smallest absolute Gasteiger partial charge is 0.262 e. The average molecular weight is 323 g/mol. The molecule has 0 saturated heterocycles. The number of hydrogen-bond donors (Lipinski definition) is 0.